The zero-order valence-electron chi connectivity index (χ0n) is 11.1. The van der Waals surface area contributed by atoms with E-state index in [2.05, 4.69) is 5.10 Å². The second kappa shape index (κ2) is 4.87. The third kappa shape index (κ3) is 2.36. The van der Waals surface area contributed by atoms with Crippen LogP contribution in [-0.2, 0) is 18.3 Å². The molecule has 18 heavy (non-hydrogen) atoms. The minimum absolute atomic E-state index is 0.453. The molecule has 2 saturated carbocycles. The van der Waals surface area contributed by atoms with Crippen molar-refractivity contribution in [3.8, 4) is 0 Å². The standard InChI is InChI=1S/C15H22N2O/c1-17-14(6-7-16-17)4-5-15(18)10-13-9-11-2-3-12(13)8-11/h6-7,11-13H,2-5,8-10H2,1H3. The fourth-order valence-electron chi connectivity index (χ4n) is 3.93. The maximum absolute atomic E-state index is 12.1. The average Bonchev–Trinajstić information content (AvgIpc) is 3.03. The van der Waals surface area contributed by atoms with E-state index in [1.165, 1.54) is 25.7 Å². The fourth-order valence-corrected chi connectivity index (χ4v) is 3.93. The van der Waals surface area contributed by atoms with Crippen LogP contribution in [-0.4, -0.2) is 15.6 Å². The Labute approximate surface area is 109 Å². The molecule has 3 rings (SSSR count). The Bertz CT molecular complexity index is 437. The largest absolute Gasteiger partial charge is 0.300 e. The Morgan fingerprint density at radius 1 is 1.44 bits per heavy atom. The summed E-state index contributed by atoms with van der Waals surface area (Å²) < 4.78 is 1.87. The fraction of sp³-hybridized carbons (Fsp3) is 0.733. The molecule has 0 saturated heterocycles. The third-order valence-corrected chi connectivity index (χ3v) is 4.96. The highest BCUT2D eigenvalue weighted by Gasteiger charge is 2.39. The monoisotopic (exact) mass is 246 g/mol. The normalized spacial score (nSPS) is 29.9. The number of fused-ring (bicyclic) bond motifs is 2. The molecule has 1 heterocycles. The maximum atomic E-state index is 12.1. The molecule has 0 aliphatic heterocycles. The number of carbonyl (C=O) groups excluding carboxylic acids is 1. The van der Waals surface area contributed by atoms with E-state index in [1.807, 2.05) is 17.8 Å². The first-order valence-electron chi connectivity index (χ1n) is 7.21. The molecule has 2 bridgehead atoms. The van der Waals surface area contributed by atoms with Crippen LogP contribution in [0, 0.1) is 17.8 Å². The van der Waals surface area contributed by atoms with E-state index in [-0.39, 0.29) is 0 Å². The van der Waals surface area contributed by atoms with Crippen LogP contribution in [0.2, 0.25) is 0 Å². The number of hydrogen-bond donors (Lipinski definition) is 0. The molecule has 3 atom stereocenters. The van der Waals surface area contributed by atoms with Crippen LogP contribution in [0.15, 0.2) is 12.3 Å². The summed E-state index contributed by atoms with van der Waals surface area (Å²) in [5, 5.41) is 4.13. The van der Waals surface area contributed by atoms with Gasteiger partial charge in [-0.15, -0.1) is 0 Å². The van der Waals surface area contributed by atoms with Gasteiger partial charge < -0.3 is 0 Å². The Hall–Kier alpha value is -1.12. The van der Waals surface area contributed by atoms with Crippen LogP contribution in [0.4, 0.5) is 0 Å². The summed E-state index contributed by atoms with van der Waals surface area (Å²) in [6.07, 6.45) is 9.69. The van der Waals surface area contributed by atoms with Crippen molar-refractivity contribution in [1.82, 2.24) is 9.78 Å². The van der Waals surface area contributed by atoms with Gasteiger partial charge in [-0.1, -0.05) is 6.42 Å². The van der Waals surface area contributed by atoms with Crippen molar-refractivity contribution in [2.24, 2.45) is 24.8 Å². The van der Waals surface area contributed by atoms with E-state index in [1.54, 1.807) is 6.20 Å². The predicted molar refractivity (Wildman–Crippen MR) is 70.1 cm³/mol. The zero-order valence-corrected chi connectivity index (χ0v) is 11.1. The van der Waals surface area contributed by atoms with Crippen LogP contribution < -0.4 is 0 Å². The highest BCUT2D eigenvalue weighted by Crippen LogP contribution is 2.49. The number of nitrogens with zero attached hydrogens (tertiary/aromatic N) is 2. The van der Waals surface area contributed by atoms with Crippen LogP contribution in [0.5, 0.6) is 0 Å². The van der Waals surface area contributed by atoms with Gasteiger partial charge in [0.25, 0.3) is 0 Å². The number of ketones is 1. The quantitative estimate of drug-likeness (QED) is 0.800. The Balaban J connectivity index is 1.46. The van der Waals surface area contributed by atoms with Gasteiger partial charge in [-0.25, -0.2) is 0 Å². The highest BCUT2D eigenvalue weighted by molar-refractivity contribution is 5.78. The van der Waals surface area contributed by atoms with Gasteiger partial charge >= 0.3 is 0 Å². The molecule has 0 aromatic carbocycles. The van der Waals surface area contributed by atoms with Crippen molar-refractivity contribution in [2.75, 3.05) is 0 Å². The van der Waals surface area contributed by atoms with E-state index in [9.17, 15) is 4.79 Å². The van der Waals surface area contributed by atoms with Gasteiger partial charge in [0, 0.05) is 31.8 Å². The van der Waals surface area contributed by atoms with Crippen molar-refractivity contribution in [3.05, 3.63) is 18.0 Å². The predicted octanol–water partition coefficient (Wildman–Crippen LogP) is 2.75. The van der Waals surface area contributed by atoms with E-state index in [4.69, 9.17) is 0 Å². The van der Waals surface area contributed by atoms with Crippen LogP contribution >= 0.6 is 0 Å². The molecule has 3 unspecified atom stereocenters. The SMILES string of the molecule is Cn1nccc1CCC(=O)CC1CC2CCC1C2. The van der Waals surface area contributed by atoms with Crippen molar-refractivity contribution in [2.45, 2.75) is 44.9 Å². The van der Waals surface area contributed by atoms with E-state index >= 15 is 0 Å². The summed E-state index contributed by atoms with van der Waals surface area (Å²) in [4.78, 5) is 12.1. The first-order chi connectivity index (χ1) is 8.72. The lowest BCUT2D eigenvalue weighted by molar-refractivity contribution is -0.120. The number of aryl methyl sites for hydroxylation is 2. The molecule has 3 heteroatoms. The number of rotatable bonds is 5. The molecular weight excluding hydrogens is 224 g/mol. The number of hydrogen-bond acceptors (Lipinski definition) is 2. The van der Waals surface area contributed by atoms with Crippen molar-refractivity contribution in [3.63, 3.8) is 0 Å². The molecule has 1 aromatic rings. The molecule has 0 amide bonds. The minimum Gasteiger partial charge on any atom is -0.300 e. The summed E-state index contributed by atoms with van der Waals surface area (Å²) in [5.41, 5.74) is 1.16. The number of Topliss-reactive ketones (excluding diaryl/α,β-unsaturated/α-hetero) is 1. The van der Waals surface area contributed by atoms with Gasteiger partial charge in [-0.05, 0) is 49.5 Å². The molecular formula is C15H22N2O. The number of aromatic nitrogens is 2. The lowest BCUT2D eigenvalue weighted by Gasteiger charge is -2.20. The molecule has 3 nitrogen and oxygen atoms in total. The van der Waals surface area contributed by atoms with Crippen molar-refractivity contribution < 1.29 is 4.79 Å². The average molecular weight is 246 g/mol. The summed E-state index contributed by atoms with van der Waals surface area (Å²) in [6.45, 7) is 0. The summed E-state index contributed by atoms with van der Waals surface area (Å²) in [6, 6.07) is 2.00. The lowest BCUT2D eigenvalue weighted by Crippen LogP contribution is -2.15. The van der Waals surface area contributed by atoms with Crippen LogP contribution in [0.25, 0.3) is 0 Å². The van der Waals surface area contributed by atoms with E-state index in [0.29, 0.717) is 18.1 Å². The smallest absolute Gasteiger partial charge is 0.133 e. The van der Waals surface area contributed by atoms with Crippen LogP contribution in [0.3, 0.4) is 0 Å². The molecule has 0 radical (unpaired) electrons. The van der Waals surface area contributed by atoms with E-state index in [0.717, 1.165) is 30.4 Å². The van der Waals surface area contributed by atoms with Crippen molar-refractivity contribution >= 4 is 5.78 Å². The maximum Gasteiger partial charge on any atom is 0.133 e. The summed E-state index contributed by atoms with van der Waals surface area (Å²) >= 11 is 0. The third-order valence-electron chi connectivity index (χ3n) is 4.96. The molecule has 98 valence electrons. The molecule has 2 fully saturated rings. The lowest BCUT2D eigenvalue weighted by atomic mass is 9.84. The second-order valence-electron chi connectivity index (χ2n) is 6.12. The van der Waals surface area contributed by atoms with Gasteiger partial charge in [0.15, 0.2) is 0 Å². The number of carbonyl (C=O) groups is 1. The van der Waals surface area contributed by atoms with E-state index < -0.39 is 0 Å². The van der Waals surface area contributed by atoms with Gasteiger partial charge in [0.05, 0.1) is 0 Å². The molecule has 0 N–H and O–H groups in total. The van der Waals surface area contributed by atoms with Crippen molar-refractivity contribution in [1.29, 1.82) is 0 Å². The van der Waals surface area contributed by atoms with Gasteiger partial charge in [-0.3, -0.25) is 9.48 Å². The Morgan fingerprint density at radius 2 is 2.33 bits per heavy atom. The van der Waals surface area contributed by atoms with Gasteiger partial charge in [0.1, 0.15) is 5.78 Å². The van der Waals surface area contributed by atoms with Gasteiger partial charge in [0.2, 0.25) is 0 Å². The summed E-state index contributed by atoms with van der Waals surface area (Å²) in [5.74, 6) is 2.98. The van der Waals surface area contributed by atoms with Gasteiger partial charge in [-0.2, -0.15) is 5.10 Å². The first-order valence-corrected chi connectivity index (χ1v) is 7.21. The molecule has 2 aliphatic carbocycles. The topological polar surface area (TPSA) is 34.9 Å². The highest BCUT2D eigenvalue weighted by atomic mass is 16.1. The Morgan fingerprint density at radius 3 is 2.94 bits per heavy atom. The zero-order chi connectivity index (χ0) is 12.5. The Kier molecular flexibility index (Phi) is 3.23. The molecule has 1 aromatic heterocycles. The first kappa shape index (κ1) is 11.9. The molecule has 2 aliphatic rings. The van der Waals surface area contributed by atoms with Crippen LogP contribution in [0.1, 0.15) is 44.2 Å². The molecule has 0 spiro atoms. The summed E-state index contributed by atoms with van der Waals surface area (Å²) in [7, 11) is 1.94. The second-order valence-corrected chi connectivity index (χ2v) is 6.12. The minimum atomic E-state index is 0.453.